The SMILES string of the molecule is CCCCCCCCC=CCCCCCCCC(=O)N[C@H]1CCCC[C@@H]1NC(=O)CCNC(=O)C1OC(C)(C)OCC1(C)C. The molecule has 2 fully saturated rings. The maximum Gasteiger partial charge on any atom is 0.249 e. The Morgan fingerprint density at radius 2 is 1.25 bits per heavy atom. The Morgan fingerprint density at radius 3 is 1.84 bits per heavy atom. The Labute approximate surface area is 268 Å². The second-order valence-corrected chi connectivity index (χ2v) is 14.2. The molecular weight excluding hydrogens is 554 g/mol. The second-order valence-electron chi connectivity index (χ2n) is 14.2. The summed E-state index contributed by atoms with van der Waals surface area (Å²) in [5.41, 5.74) is -0.459. The van der Waals surface area contributed by atoms with Gasteiger partial charge in [0.15, 0.2) is 5.79 Å². The van der Waals surface area contributed by atoms with Crippen molar-refractivity contribution in [1.82, 2.24) is 16.0 Å². The predicted molar refractivity (Wildman–Crippen MR) is 178 cm³/mol. The van der Waals surface area contributed by atoms with Gasteiger partial charge in [0, 0.05) is 36.9 Å². The van der Waals surface area contributed by atoms with Gasteiger partial charge in [-0.1, -0.05) is 97.1 Å². The highest BCUT2D eigenvalue weighted by atomic mass is 16.7. The van der Waals surface area contributed by atoms with E-state index in [0.717, 1.165) is 38.5 Å². The highest BCUT2D eigenvalue weighted by Crippen LogP contribution is 2.34. The first kappa shape index (κ1) is 38.3. The van der Waals surface area contributed by atoms with Crippen molar-refractivity contribution in [3.05, 3.63) is 12.2 Å². The van der Waals surface area contributed by atoms with E-state index in [-0.39, 0.29) is 42.8 Å². The molecule has 8 nitrogen and oxygen atoms in total. The van der Waals surface area contributed by atoms with Crippen molar-refractivity contribution in [2.45, 2.75) is 181 Å². The summed E-state index contributed by atoms with van der Waals surface area (Å²) >= 11 is 0. The molecule has 0 aromatic heterocycles. The van der Waals surface area contributed by atoms with Gasteiger partial charge in [-0.2, -0.15) is 0 Å². The molecule has 3 N–H and O–H groups in total. The van der Waals surface area contributed by atoms with E-state index in [4.69, 9.17) is 9.47 Å². The number of hydrogen-bond acceptors (Lipinski definition) is 5. The lowest BCUT2D eigenvalue weighted by atomic mass is 9.85. The predicted octanol–water partition coefficient (Wildman–Crippen LogP) is 7.25. The fourth-order valence-corrected chi connectivity index (χ4v) is 6.10. The van der Waals surface area contributed by atoms with Crippen LogP contribution in [0, 0.1) is 5.41 Å². The minimum absolute atomic E-state index is 0.0309. The van der Waals surface area contributed by atoms with Crippen molar-refractivity contribution in [2.24, 2.45) is 5.41 Å². The summed E-state index contributed by atoms with van der Waals surface area (Å²) in [6.07, 6.45) is 24.7. The average molecular weight is 620 g/mol. The molecule has 1 heterocycles. The zero-order chi connectivity index (χ0) is 32.3. The van der Waals surface area contributed by atoms with E-state index in [9.17, 15) is 14.4 Å². The van der Waals surface area contributed by atoms with E-state index in [0.29, 0.717) is 13.0 Å². The molecule has 1 aliphatic carbocycles. The quantitative estimate of drug-likeness (QED) is 0.0927. The van der Waals surface area contributed by atoms with Gasteiger partial charge >= 0.3 is 0 Å². The number of carbonyl (C=O) groups is 3. The Hall–Kier alpha value is -1.93. The van der Waals surface area contributed by atoms with Crippen molar-refractivity contribution >= 4 is 17.7 Å². The summed E-state index contributed by atoms with van der Waals surface area (Å²) in [4.78, 5) is 38.2. The van der Waals surface area contributed by atoms with E-state index >= 15 is 0 Å². The van der Waals surface area contributed by atoms with Crippen LogP contribution in [0.15, 0.2) is 12.2 Å². The molecule has 1 saturated carbocycles. The van der Waals surface area contributed by atoms with Crippen molar-refractivity contribution in [3.63, 3.8) is 0 Å². The number of amides is 3. The number of rotatable bonds is 21. The maximum atomic E-state index is 12.8. The summed E-state index contributed by atoms with van der Waals surface area (Å²) in [5, 5.41) is 9.18. The van der Waals surface area contributed by atoms with E-state index in [1.165, 1.54) is 70.6 Å². The van der Waals surface area contributed by atoms with Gasteiger partial charge < -0.3 is 25.4 Å². The summed E-state index contributed by atoms with van der Waals surface area (Å²) in [6, 6.07) is -0.0971. The summed E-state index contributed by atoms with van der Waals surface area (Å²) < 4.78 is 11.6. The molecule has 0 spiro atoms. The molecule has 1 saturated heterocycles. The Bertz CT molecular complexity index is 872. The van der Waals surface area contributed by atoms with Gasteiger partial charge in [-0.05, 0) is 58.8 Å². The largest absolute Gasteiger partial charge is 0.353 e. The van der Waals surface area contributed by atoms with Crippen molar-refractivity contribution in [1.29, 1.82) is 0 Å². The smallest absolute Gasteiger partial charge is 0.249 e. The third kappa shape index (κ3) is 15.9. The van der Waals surface area contributed by atoms with Crippen LogP contribution in [0.1, 0.15) is 157 Å². The fraction of sp³-hybridized carbons (Fsp3) is 0.861. The van der Waals surface area contributed by atoms with Crippen LogP contribution in [0.25, 0.3) is 0 Å². The molecule has 0 aromatic carbocycles. The molecule has 2 aliphatic rings. The van der Waals surface area contributed by atoms with Gasteiger partial charge in [0.25, 0.3) is 0 Å². The van der Waals surface area contributed by atoms with E-state index in [1.807, 2.05) is 13.8 Å². The van der Waals surface area contributed by atoms with Crippen LogP contribution in [-0.2, 0) is 23.9 Å². The van der Waals surface area contributed by atoms with Crippen molar-refractivity contribution in [3.8, 4) is 0 Å². The molecule has 254 valence electrons. The maximum absolute atomic E-state index is 12.8. The first-order valence-electron chi connectivity index (χ1n) is 17.9. The first-order chi connectivity index (χ1) is 21.0. The summed E-state index contributed by atoms with van der Waals surface area (Å²) in [6.45, 7) is 10.4. The zero-order valence-electron chi connectivity index (χ0n) is 28.8. The van der Waals surface area contributed by atoms with Crippen LogP contribution in [0.5, 0.6) is 0 Å². The standard InChI is InChI=1S/C36H65N3O5/c1-6-7-8-9-10-11-12-13-14-15-16-17-18-19-20-25-31(40)38-29-23-21-22-24-30(29)39-32(41)26-27-37-34(42)33-35(2,3)28-43-36(4,5)44-33/h13-14,29-30,33H,6-12,15-28H2,1-5H3,(H,37,42)(H,38,40)(H,39,41)/t29-,30-,33?/m0/s1. The van der Waals surface area contributed by atoms with Crippen LogP contribution < -0.4 is 16.0 Å². The van der Waals surface area contributed by atoms with Crippen LogP contribution in [0.2, 0.25) is 0 Å². The minimum atomic E-state index is -0.820. The first-order valence-corrected chi connectivity index (χ1v) is 17.9. The minimum Gasteiger partial charge on any atom is -0.353 e. The molecule has 44 heavy (non-hydrogen) atoms. The van der Waals surface area contributed by atoms with E-state index < -0.39 is 17.3 Å². The van der Waals surface area contributed by atoms with E-state index in [2.05, 4.69) is 35.0 Å². The monoisotopic (exact) mass is 619 g/mol. The molecule has 1 aliphatic heterocycles. The Kier molecular flexibility index (Phi) is 18.2. The summed E-state index contributed by atoms with van der Waals surface area (Å²) in [7, 11) is 0. The second kappa shape index (κ2) is 21.0. The van der Waals surface area contributed by atoms with Gasteiger partial charge in [-0.15, -0.1) is 0 Å². The van der Waals surface area contributed by atoms with Crippen molar-refractivity contribution in [2.75, 3.05) is 13.2 Å². The molecule has 1 unspecified atom stereocenters. The Balaban J connectivity index is 1.55. The number of hydrogen-bond donors (Lipinski definition) is 3. The van der Waals surface area contributed by atoms with Crippen LogP contribution in [0.3, 0.4) is 0 Å². The molecule has 0 aromatic rings. The van der Waals surface area contributed by atoms with Gasteiger partial charge in [-0.25, -0.2) is 0 Å². The number of nitrogens with one attached hydrogen (secondary N) is 3. The number of ether oxygens (including phenoxy) is 2. The fourth-order valence-electron chi connectivity index (χ4n) is 6.10. The number of unbranched alkanes of at least 4 members (excludes halogenated alkanes) is 11. The lowest BCUT2D eigenvalue weighted by Gasteiger charge is -2.44. The van der Waals surface area contributed by atoms with Crippen LogP contribution in [0.4, 0.5) is 0 Å². The summed E-state index contributed by atoms with van der Waals surface area (Å²) in [5.74, 6) is -1.07. The molecular formula is C36H65N3O5. The number of allylic oxidation sites excluding steroid dienone is 2. The third-order valence-electron chi connectivity index (χ3n) is 8.92. The molecule has 0 bridgehead atoms. The third-order valence-corrected chi connectivity index (χ3v) is 8.92. The average Bonchev–Trinajstić information content (AvgIpc) is 2.97. The highest BCUT2D eigenvalue weighted by molar-refractivity contribution is 5.83. The Morgan fingerprint density at radius 1 is 0.727 bits per heavy atom. The van der Waals surface area contributed by atoms with Gasteiger partial charge in [0.1, 0.15) is 6.10 Å². The molecule has 8 heteroatoms. The molecule has 2 rings (SSSR count). The molecule has 3 atom stereocenters. The van der Waals surface area contributed by atoms with Gasteiger partial charge in [0.2, 0.25) is 17.7 Å². The van der Waals surface area contributed by atoms with Crippen LogP contribution >= 0.6 is 0 Å². The topological polar surface area (TPSA) is 106 Å². The molecule has 0 radical (unpaired) electrons. The molecule has 3 amide bonds. The normalized spacial score (nSPS) is 22.9. The van der Waals surface area contributed by atoms with Crippen molar-refractivity contribution < 1.29 is 23.9 Å². The van der Waals surface area contributed by atoms with E-state index in [1.54, 1.807) is 13.8 Å². The lowest BCUT2D eigenvalue weighted by molar-refractivity contribution is -0.304. The zero-order valence-corrected chi connectivity index (χ0v) is 28.8. The number of carbonyl (C=O) groups excluding carboxylic acids is 3. The van der Waals surface area contributed by atoms with Gasteiger partial charge in [0.05, 0.1) is 6.61 Å². The lowest BCUT2D eigenvalue weighted by Crippen LogP contribution is -2.57. The van der Waals surface area contributed by atoms with Gasteiger partial charge in [-0.3, -0.25) is 14.4 Å². The van der Waals surface area contributed by atoms with Crippen LogP contribution in [-0.4, -0.2) is 54.8 Å². The highest BCUT2D eigenvalue weighted by Gasteiger charge is 2.45.